The van der Waals surface area contributed by atoms with Gasteiger partial charge in [-0.2, -0.15) is 0 Å². The van der Waals surface area contributed by atoms with E-state index in [-0.39, 0.29) is 11.9 Å². The first-order chi connectivity index (χ1) is 9.83. The number of hydrogen-bond donors (Lipinski definition) is 1. The van der Waals surface area contributed by atoms with Gasteiger partial charge in [-0.05, 0) is 18.2 Å². The molecule has 1 N–H and O–H groups in total. The molecule has 2 aromatic rings. The maximum Gasteiger partial charge on any atom is 0.220 e. The molecular weight excluding hydrogens is 254 g/mol. The van der Waals surface area contributed by atoms with Gasteiger partial charge in [0.15, 0.2) is 0 Å². The predicted octanol–water partition coefficient (Wildman–Crippen LogP) is 2.85. The van der Waals surface area contributed by atoms with Crippen LogP contribution in [0.2, 0.25) is 0 Å². The van der Waals surface area contributed by atoms with E-state index in [9.17, 15) is 4.79 Å². The van der Waals surface area contributed by atoms with Crippen LogP contribution >= 0.6 is 0 Å². The lowest BCUT2D eigenvalue weighted by atomic mass is 10.0. The quantitative estimate of drug-likeness (QED) is 0.930. The zero-order valence-corrected chi connectivity index (χ0v) is 11.2. The summed E-state index contributed by atoms with van der Waals surface area (Å²) in [5.41, 5.74) is 1.06. The Morgan fingerprint density at radius 1 is 1.25 bits per heavy atom. The predicted molar refractivity (Wildman–Crippen MR) is 74.5 cm³/mol. The van der Waals surface area contributed by atoms with Gasteiger partial charge in [-0.25, -0.2) is 0 Å². The van der Waals surface area contributed by atoms with Crippen LogP contribution in [-0.4, -0.2) is 12.5 Å². The second kappa shape index (κ2) is 5.82. The fraction of sp³-hybridized carbons (Fsp3) is 0.312. The second-order valence-corrected chi connectivity index (χ2v) is 4.87. The average Bonchev–Trinajstić information content (AvgIpc) is 2.99. The third kappa shape index (κ3) is 2.85. The maximum atomic E-state index is 12.0. The lowest BCUT2D eigenvalue weighted by Crippen LogP contribution is -2.32. The lowest BCUT2D eigenvalue weighted by molar-refractivity contribution is -0.122. The van der Waals surface area contributed by atoms with Gasteiger partial charge in [-0.1, -0.05) is 18.2 Å². The smallest absolute Gasteiger partial charge is 0.220 e. The molecule has 0 saturated heterocycles. The number of fused-ring (bicyclic) bond motifs is 1. The van der Waals surface area contributed by atoms with Crippen molar-refractivity contribution in [3.05, 3.63) is 54.0 Å². The third-order valence-corrected chi connectivity index (χ3v) is 3.47. The van der Waals surface area contributed by atoms with E-state index >= 15 is 0 Å². The number of para-hydroxylation sites is 1. The summed E-state index contributed by atoms with van der Waals surface area (Å²) in [5.74, 6) is 1.76. The molecule has 1 amide bonds. The molecule has 0 radical (unpaired) electrons. The average molecular weight is 271 g/mol. The molecule has 1 aliphatic heterocycles. The largest absolute Gasteiger partial charge is 0.493 e. The molecule has 0 saturated carbocycles. The highest BCUT2D eigenvalue weighted by Crippen LogP contribution is 2.31. The Hall–Kier alpha value is -2.23. The third-order valence-electron chi connectivity index (χ3n) is 3.47. The minimum absolute atomic E-state index is 0.0445. The number of amides is 1. The SMILES string of the molecule is O=C(CCc1ccco1)NC1CCOc2ccccc21. The number of furan rings is 1. The molecule has 0 spiro atoms. The molecule has 3 rings (SSSR count). The minimum atomic E-state index is 0.0445. The minimum Gasteiger partial charge on any atom is -0.493 e. The van der Waals surface area contributed by atoms with Crippen molar-refractivity contribution in [3.8, 4) is 5.75 Å². The van der Waals surface area contributed by atoms with E-state index in [0.29, 0.717) is 19.4 Å². The van der Waals surface area contributed by atoms with Crippen LogP contribution in [0.3, 0.4) is 0 Å². The number of rotatable bonds is 4. The zero-order valence-electron chi connectivity index (χ0n) is 11.2. The number of nitrogens with one attached hydrogen (secondary N) is 1. The Bertz CT molecular complexity index is 577. The van der Waals surface area contributed by atoms with Crippen LogP contribution in [0.25, 0.3) is 0 Å². The van der Waals surface area contributed by atoms with Crippen molar-refractivity contribution in [2.24, 2.45) is 0 Å². The summed E-state index contributed by atoms with van der Waals surface area (Å²) >= 11 is 0. The standard InChI is InChI=1S/C16H17NO3/c18-16(8-7-12-4-3-10-19-12)17-14-9-11-20-15-6-2-1-5-13(14)15/h1-6,10,14H,7-9,11H2,(H,17,18). The molecule has 4 nitrogen and oxygen atoms in total. The van der Waals surface area contributed by atoms with Crippen molar-refractivity contribution >= 4 is 5.91 Å². The summed E-state index contributed by atoms with van der Waals surface area (Å²) in [6, 6.07) is 11.6. The number of carbonyl (C=O) groups is 1. The first-order valence-corrected chi connectivity index (χ1v) is 6.86. The van der Waals surface area contributed by atoms with Crippen molar-refractivity contribution < 1.29 is 13.9 Å². The van der Waals surface area contributed by atoms with Gasteiger partial charge in [0.2, 0.25) is 5.91 Å². The summed E-state index contributed by atoms with van der Waals surface area (Å²) in [6.07, 6.45) is 3.50. The Morgan fingerprint density at radius 3 is 3.00 bits per heavy atom. The summed E-state index contributed by atoms with van der Waals surface area (Å²) < 4.78 is 10.8. The van der Waals surface area contributed by atoms with Gasteiger partial charge in [0, 0.05) is 24.8 Å². The van der Waals surface area contributed by atoms with Gasteiger partial charge in [-0.15, -0.1) is 0 Å². The summed E-state index contributed by atoms with van der Waals surface area (Å²) in [6.45, 7) is 0.639. The molecule has 2 heterocycles. The molecule has 0 bridgehead atoms. The maximum absolute atomic E-state index is 12.0. The molecule has 1 aromatic heterocycles. The molecule has 104 valence electrons. The fourth-order valence-corrected chi connectivity index (χ4v) is 2.45. The van der Waals surface area contributed by atoms with Gasteiger partial charge in [0.05, 0.1) is 18.9 Å². The van der Waals surface area contributed by atoms with Gasteiger partial charge < -0.3 is 14.5 Å². The number of benzene rings is 1. The van der Waals surface area contributed by atoms with Gasteiger partial charge in [0.25, 0.3) is 0 Å². The van der Waals surface area contributed by atoms with E-state index in [1.807, 2.05) is 36.4 Å². The van der Waals surface area contributed by atoms with Crippen LogP contribution in [0, 0.1) is 0 Å². The summed E-state index contributed by atoms with van der Waals surface area (Å²) in [5, 5.41) is 3.08. The first kappa shape index (κ1) is 12.8. The molecule has 0 aliphatic carbocycles. The van der Waals surface area contributed by atoms with Gasteiger partial charge in [0.1, 0.15) is 11.5 Å². The van der Waals surface area contributed by atoms with Gasteiger partial charge >= 0.3 is 0 Å². The normalized spacial score (nSPS) is 17.1. The van der Waals surface area contributed by atoms with E-state index in [4.69, 9.17) is 9.15 Å². The number of ether oxygens (including phenoxy) is 1. The van der Waals surface area contributed by atoms with Crippen molar-refractivity contribution in [2.75, 3.05) is 6.61 Å². The van der Waals surface area contributed by atoms with Crippen molar-refractivity contribution in [3.63, 3.8) is 0 Å². The van der Waals surface area contributed by atoms with Crippen molar-refractivity contribution in [1.29, 1.82) is 0 Å². The van der Waals surface area contributed by atoms with Crippen LogP contribution in [0.4, 0.5) is 0 Å². The number of hydrogen-bond acceptors (Lipinski definition) is 3. The van der Waals surface area contributed by atoms with Crippen LogP contribution in [0.15, 0.2) is 47.1 Å². The van der Waals surface area contributed by atoms with E-state index in [2.05, 4.69) is 5.32 Å². The van der Waals surface area contributed by atoms with E-state index in [1.54, 1.807) is 6.26 Å². The highest BCUT2D eigenvalue weighted by molar-refractivity contribution is 5.76. The first-order valence-electron chi connectivity index (χ1n) is 6.86. The monoisotopic (exact) mass is 271 g/mol. The summed E-state index contributed by atoms with van der Waals surface area (Å²) in [7, 11) is 0. The van der Waals surface area contributed by atoms with Crippen molar-refractivity contribution in [2.45, 2.75) is 25.3 Å². The molecule has 20 heavy (non-hydrogen) atoms. The Balaban J connectivity index is 1.59. The van der Waals surface area contributed by atoms with Crippen LogP contribution in [0.1, 0.15) is 30.2 Å². The topological polar surface area (TPSA) is 51.5 Å². The van der Waals surface area contributed by atoms with Crippen LogP contribution in [0.5, 0.6) is 5.75 Å². The molecule has 1 aliphatic rings. The Labute approximate surface area is 117 Å². The molecule has 1 aromatic carbocycles. The molecule has 0 fully saturated rings. The molecule has 1 atom stereocenters. The van der Waals surface area contributed by atoms with Crippen LogP contribution in [-0.2, 0) is 11.2 Å². The fourth-order valence-electron chi connectivity index (χ4n) is 2.45. The van der Waals surface area contributed by atoms with Crippen LogP contribution < -0.4 is 10.1 Å². The number of aryl methyl sites for hydroxylation is 1. The molecule has 4 heteroatoms. The van der Waals surface area contributed by atoms with Crippen molar-refractivity contribution in [1.82, 2.24) is 5.32 Å². The highest BCUT2D eigenvalue weighted by Gasteiger charge is 2.22. The Kier molecular flexibility index (Phi) is 3.72. The highest BCUT2D eigenvalue weighted by atomic mass is 16.5. The van der Waals surface area contributed by atoms with E-state index in [1.165, 1.54) is 0 Å². The number of carbonyl (C=O) groups excluding carboxylic acids is 1. The van der Waals surface area contributed by atoms with E-state index < -0.39 is 0 Å². The summed E-state index contributed by atoms with van der Waals surface area (Å²) in [4.78, 5) is 12.0. The Morgan fingerprint density at radius 2 is 2.15 bits per heavy atom. The lowest BCUT2D eigenvalue weighted by Gasteiger charge is -2.26. The molecule has 1 unspecified atom stereocenters. The zero-order chi connectivity index (χ0) is 13.8. The van der Waals surface area contributed by atoms with E-state index in [0.717, 1.165) is 23.5 Å². The second-order valence-electron chi connectivity index (χ2n) is 4.87. The molecular formula is C16H17NO3. The van der Waals surface area contributed by atoms with Gasteiger partial charge in [-0.3, -0.25) is 4.79 Å².